The van der Waals surface area contributed by atoms with E-state index in [9.17, 15) is 4.79 Å². The second-order valence-electron chi connectivity index (χ2n) is 7.51. The Kier molecular flexibility index (Phi) is 6.36. The van der Waals surface area contributed by atoms with E-state index in [2.05, 4.69) is 16.4 Å². The number of anilines is 2. The van der Waals surface area contributed by atoms with E-state index >= 15 is 0 Å². The zero-order valence-electron chi connectivity index (χ0n) is 17.9. The average Bonchev–Trinajstić information content (AvgIpc) is 3.30. The van der Waals surface area contributed by atoms with E-state index in [-0.39, 0.29) is 11.8 Å². The maximum Gasteiger partial charge on any atom is 0.261 e. The molecule has 0 spiro atoms. The summed E-state index contributed by atoms with van der Waals surface area (Å²) in [5.74, 6) is 1.13. The number of thiazole rings is 1. The lowest BCUT2D eigenvalue weighted by atomic mass is 9.93. The van der Waals surface area contributed by atoms with Crippen LogP contribution in [0.4, 0.5) is 10.8 Å². The highest BCUT2D eigenvalue weighted by Gasteiger charge is 2.30. The van der Waals surface area contributed by atoms with Crippen LogP contribution in [0.25, 0.3) is 0 Å². The molecule has 1 amide bonds. The van der Waals surface area contributed by atoms with Gasteiger partial charge in [0.25, 0.3) is 5.91 Å². The Morgan fingerprint density at radius 3 is 2.68 bits per heavy atom. The van der Waals surface area contributed by atoms with Crippen LogP contribution in [-0.2, 0) is 0 Å². The number of methoxy groups -OCH3 is 2. The van der Waals surface area contributed by atoms with Crippen molar-refractivity contribution in [1.29, 1.82) is 0 Å². The molecular formula is C23H26N4O3S. The Labute approximate surface area is 186 Å². The second-order valence-corrected chi connectivity index (χ2v) is 8.41. The molecule has 162 valence electrons. The summed E-state index contributed by atoms with van der Waals surface area (Å²) in [4.78, 5) is 24.4. The number of carbonyl (C=O) groups is 1. The van der Waals surface area contributed by atoms with Crippen molar-refractivity contribution in [2.24, 2.45) is 0 Å². The molecule has 1 aliphatic rings. The number of rotatable bonds is 6. The molecule has 4 rings (SSSR count). The first-order chi connectivity index (χ1) is 15.1. The van der Waals surface area contributed by atoms with E-state index in [0.717, 1.165) is 35.0 Å². The first kappa shape index (κ1) is 21.1. The van der Waals surface area contributed by atoms with Gasteiger partial charge in [0.05, 0.1) is 14.2 Å². The Morgan fingerprint density at radius 1 is 1.23 bits per heavy atom. The maximum atomic E-state index is 13.4. The number of ether oxygens (including phenoxy) is 2. The summed E-state index contributed by atoms with van der Waals surface area (Å²) < 4.78 is 10.9. The van der Waals surface area contributed by atoms with Crippen LogP contribution in [-0.4, -0.2) is 48.1 Å². The van der Waals surface area contributed by atoms with E-state index in [0.29, 0.717) is 30.2 Å². The van der Waals surface area contributed by atoms with Crippen LogP contribution in [0.2, 0.25) is 0 Å². The number of nitrogens with zero attached hydrogens (tertiary/aromatic N) is 3. The van der Waals surface area contributed by atoms with Gasteiger partial charge >= 0.3 is 0 Å². The van der Waals surface area contributed by atoms with Gasteiger partial charge in [0.2, 0.25) is 0 Å². The molecule has 1 aliphatic heterocycles. The number of nitrogens with one attached hydrogen (secondary N) is 1. The highest BCUT2D eigenvalue weighted by Crippen LogP contribution is 2.33. The number of aryl methyl sites for hydroxylation is 1. The average molecular weight is 439 g/mol. The first-order valence-corrected chi connectivity index (χ1v) is 11.1. The molecule has 0 aliphatic carbocycles. The van der Waals surface area contributed by atoms with Gasteiger partial charge in [-0.2, -0.15) is 0 Å². The van der Waals surface area contributed by atoms with E-state index in [1.54, 1.807) is 43.9 Å². The third-order valence-corrected chi connectivity index (χ3v) is 6.11. The smallest absolute Gasteiger partial charge is 0.261 e. The number of hydrogen-bond acceptors (Lipinski definition) is 7. The summed E-state index contributed by atoms with van der Waals surface area (Å²) in [6.45, 7) is 3.29. The minimum atomic E-state index is -0.0761. The normalized spacial score (nSPS) is 16.1. The topological polar surface area (TPSA) is 76.6 Å². The molecule has 3 aromatic rings. The molecule has 0 radical (unpaired) electrons. The first-order valence-electron chi connectivity index (χ1n) is 10.2. The molecule has 1 N–H and O–H groups in total. The second kappa shape index (κ2) is 9.34. The van der Waals surface area contributed by atoms with Crippen molar-refractivity contribution in [3.05, 3.63) is 58.9 Å². The molecule has 0 bridgehead atoms. The van der Waals surface area contributed by atoms with Gasteiger partial charge in [0.15, 0.2) is 5.13 Å². The van der Waals surface area contributed by atoms with E-state index in [1.807, 2.05) is 29.3 Å². The van der Waals surface area contributed by atoms with Crippen LogP contribution in [0.15, 0.2) is 41.9 Å². The van der Waals surface area contributed by atoms with E-state index in [1.165, 1.54) is 0 Å². The van der Waals surface area contributed by atoms with Crippen LogP contribution < -0.4 is 14.8 Å². The van der Waals surface area contributed by atoms with E-state index in [4.69, 9.17) is 14.5 Å². The monoisotopic (exact) mass is 438 g/mol. The van der Waals surface area contributed by atoms with Crippen LogP contribution in [0.3, 0.4) is 0 Å². The van der Waals surface area contributed by atoms with Crippen molar-refractivity contribution in [2.45, 2.75) is 25.7 Å². The molecule has 0 saturated carbocycles. The quantitative estimate of drug-likeness (QED) is 0.605. The van der Waals surface area contributed by atoms with E-state index < -0.39 is 0 Å². The number of aromatic nitrogens is 2. The maximum absolute atomic E-state index is 13.4. The predicted molar refractivity (Wildman–Crippen MR) is 122 cm³/mol. The third-order valence-electron chi connectivity index (χ3n) is 5.43. The number of piperidine rings is 1. The lowest BCUT2D eigenvalue weighted by molar-refractivity contribution is 0.0699. The van der Waals surface area contributed by atoms with Crippen LogP contribution in [0, 0.1) is 6.92 Å². The Morgan fingerprint density at radius 2 is 2.00 bits per heavy atom. The number of hydrogen-bond donors (Lipinski definition) is 1. The molecule has 31 heavy (non-hydrogen) atoms. The fourth-order valence-corrected chi connectivity index (χ4v) is 4.56. The largest absolute Gasteiger partial charge is 0.496 e. The SMILES string of the molecule is COc1cccc(OC)c1C(=O)N1CCC[C@H](c2cc(Nc3nccs3)cc(C)n2)C1. The summed E-state index contributed by atoms with van der Waals surface area (Å²) in [5, 5.41) is 6.13. The Bertz CT molecular complexity index is 1030. The molecule has 2 aromatic heterocycles. The molecule has 1 aromatic carbocycles. The van der Waals surface area contributed by atoms with Crippen molar-refractivity contribution in [1.82, 2.24) is 14.9 Å². The molecule has 7 nitrogen and oxygen atoms in total. The highest BCUT2D eigenvalue weighted by molar-refractivity contribution is 7.13. The summed E-state index contributed by atoms with van der Waals surface area (Å²) >= 11 is 1.55. The van der Waals surface area contributed by atoms with Crippen molar-refractivity contribution in [3.63, 3.8) is 0 Å². The number of pyridine rings is 1. The standard InChI is InChI=1S/C23H26N4O3S/c1-15-12-17(26-23-24-9-11-31-23)13-18(25-15)16-6-5-10-27(14-16)22(28)21-19(29-2)7-4-8-20(21)30-3/h4,7-9,11-13,16H,5-6,10,14H2,1-3H3,(H,24,25,26)/t16-/m0/s1. The summed E-state index contributed by atoms with van der Waals surface area (Å²) in [7, 11) is 3.14. The number of likely N-dealkylation sites (tertiary alicyclic amines) is 1. The minimum Gasteiger partial charge on any atom is -0.496 e. The van der Waals surface area contributed by atoms with Gasteiger partial charge in [-0.05, 0) is 44.0 Å². The van der Waals surface area contributed by atoms with Crippen molar-refractivity contribution in [3.8, 4) is 11.5 Å². The van der Waals surface area contributed by atoms with Gasteiger partial charge in [0.1, 0.15) is 17.1 Å². The molecule has 3 heterocycles. The number of benzene rings is 1. The van der Waals surface area contributed by atoms with Gasteiger partial charge in [-0.15, -0.1) is 11.3 Å². The molecule has 0 unspecified atom stereocenters. The summed E-state index contributed by atoms with van der Waals surface area (Å²) in [6, 6.07) is 9.47. The van der Waals surface area contributed by atoms with Gasteiger partial charge in [-0.3, -0.25) is 9.78 Å². The minimum absolute atomic E-state index is 0.0761. The zero-order valence-corrected chi connectivity index (χ0v) is 18.7. The van der Waals surface area contributed by atoms with Crippen molar-refractivity contribution >= 4 is 28.1 Å². The van der Waals surface area contributed by atoms with Crippen molar-refractivity contribution < 1.29 is 14.3 Å². The van der Waals surface area contributed by atoms with Gasteiger partial charge < -0.3 is 19.7 Å². The molecule has 1 fully saturated rings. The predicted octanol–water partition coefficient (Wildman–Crippen LogP) is 4.63. The fraction of sp³-hybridized carbons (Fsp3) is 0.348. The van der Waals surface area contributed by atoms with Gasteiger partial charge in [-0.1, -0.05) is 6.07 Å². The Balaban J connectivity index is 1.57. The van der Waals surface area contributed by atoms with Crippen LogP contribution in [0.1, 0.15) is 40.5 Å². The zero-order chi connectivity index (χ0) is 21.8. The molecular weight excluding hydrogens is 412 g/mol. The lowest BCUT2D eigenvalue weighted by Crippen LogP contribution is -2.39. The molecule has 1 saturated heterocycles. The van der Waals surface area contributed by atoms with Gasteiger partial charge in [-0.25, -0.2) is 4.98 Å². The number of amides is 1. The summed E-state index contributed by atoms with van der Waals surface area (Å²) in [5.41, 5.74) is 3.36. The van der Waals surface area contributed by atoms with Gasteiger partial charge in [0, 0.05) is 47.7 Å². The number of carbonyl (C=O) groups excluding carboxylic acids is 1. The van der Waals surface area contributed by atoms with Crippen LogP contribution in [0.5, 0.6) is 11.5 Å². The Hall–Kier alpha value is -3.13. The fourth-order valence-electron chi connectivity index (χ4n) is 4.01. The molecule has 8 heteroatoms. The lowest BCUT2D eigenvalue weighted by Gasteiger charge is -2.33. The van der Waals surface area contributed by atoms with Crippen LogP contribution >= 0.6 is 11.3 Å². The summed E-state index contributed by atoms with van der Waals surface area (Å²) in [6.07, 6.45) is 3.68. The highest BCUT2D eigenvalue weighted by atomic mass is 32.1. The third kappa shape index (κ3) is 4.64. The van der Waals surface area contributed by atoms with Crippen molar-refractivity contribution in [2.75, 3.05) is 32.6 Å². The molecule has 1 atom stereocenters.